The summed E-state index contributed by atoms with van der Waals surface area (Å²) in [6.45, 7) is 8.94. The molecule has 0 bridgehead atoms. The molecule has 0 amide bonds. The molecule has 0 saturated carbocycles. The zero-order valence-electron chi connectivity index (χ0n) is 17.5. The van der Waals surface area contributed by atoms with Gasteiger partial charge in [-0.05, 0) is 36.1 Å². The van der Waals surface area contributed by atoms with Crippen LogP contribution in [0.3, 0.4) is 0 Å². The number of alkyl halides is 1. The summed E-state index contributed by atoms with van der Waals surface area (Å²) in [5, 5.41) is 13.2. The van der Waals surface area contributed by atoms with Crippen LogP contribution in [0, 0.1) is 0 Å². The Balaban J connectivity index is 1.60. The fourth-order valence-corrected chi connectivity index (χ4v) is 4.26. The maximum absolute atomic E-state index is 13.0. The van der Waals surface area contributed by atoms with Crippen LogP contribution in [0.5, 0.6) is 0 Å². The van der Waals surface area contributed by atoms with Gasteiger partial charge in [0.2, 0.25) is 0 Å². The number of hydrogen-bond donors (Lipinski definition) is 3. The van der Waals surface area contributed by atoms with Crippen LogP contribution in [0.25, 0.3) is 10.6 Å². The number of hydrogen-bond acceptors (Lipinski definition) is 8. The van der Waals surface area contributed by atoms with E-state index in [9.17, 15) is 4.39 Å². The van der Waals surface area contributed by atoms with Crippen LogP contribution in [0.2, 0.25) is 0 Å². The van der Waals surface area contributed by atoms with Gasteiger partial charge >= 0.3 is 0 Å². The number of aliphatic hydroxyl groups is 1. The molecular weight excluding hydrogens is 415 g/mol. The third kappa shape index (κ3) is 6.96. The molecule has 0 atom stereocenters. The highest BCUT2D eigenvalue weighted by molar-refractivity contribution is 7.15. The Morgan fingerprint density at radius 1 is 1.29 bits per heavy atom. The molecule has 166 valence electrons. The van der Waals surface area contributed by atoms with Crippen LogP contribution in [0.4, 0.5) is 10.2 Å². The topological polar surface area (TPSA) is 90.5 Å². The van der Waals surface area contributed by atoms with Crippen LogP contribution in [-0.4, -0.2) is 70.9 Å². The lowest BCUT2D eigenvalue weighted by atomic mass is 10.2. The van der Waals surface area contributed by atoms with Gasteiger partial charge in [-0.25, -0.2) is 14.4 Å². The highest BCUT2D eigenvalue weighted by atomic mass is 32.1. The summed E-state index contributed by atoms with van der Waals surface area (Å²) in [5.74, 6) is 0.628. The van der Waals surface area contributed by atoms with Gasteiger partial charge < -0.3 is 16.2 Å². The van der Waals surface area contributed by atoms with E-state index in [0.717, 1.165) is 54.8 Å². The molecule has 7 nitrogen and oxygen atoms in total. The molecule has 1 aliphatic heterocycles. The monoisotopic (exact) mass is 444 g/mol. The van der Waals surface area contributed by atoms with Gasteiger partial charge in [0.15, 0.2) is 0 Å². The molecule has 1 fully saturated rings. The highest BCUT2D eigenvalue weighted by Crippen LogP contribution is 2.26. The van der Waals surface area contributed by atoms with E-state index in [1.54, 1.807) is 17.4 Å². The molecule has 9 heteroatoms. The first kappa shape index (κ1) is 23.1. The van der Waals surface area contributed by atoms with Crippen LogP contribution >= 0.6 is 11.3 Å². The van der Waals surface area contributed by atoms with Crippen LogP contribution in [0.15, 0.2) is 60.6 Å². The largest absolute Gasteiger partial charge is 0.405 e. The molecule has 4 N–H and O–H groups in total. The lowest BCUT2D eigenvalue weighted by molar-refractivity contribution is 0.108. The Morgan fingerprint density at radius 2 is 2.06 bits per heavy atom. The Bertz CT molecular complexity index is 920. The number of halogens is 1. The average molecular weight is 445 g/mol. The summed E-state index contributed by atoms with van der Waals surface area (Å²) in [6, 6.07) is 5.69. The van der Waals surface area contributed by atoms with Crippen molar-refractivity contribution < 1.29 is 9.50 Å². The number of nitrogens with two attached hydrogens (primary N) is 1. The van der Waals surface area contributed by atoms with E-state index in [-0.39, 0.29) is 6.61 Å². The number of anilines is 1. The SMILES string of the molecule is C=C(/C=C(\C=C/N)CF)Nc1cccc(-c2cnc(CN3CCN(CCO)CC3)s2)n1. The molecule has 0 spiro atoms. The smallest absolute Gasteiger partial charge is 0.131 e. The standard InChI is InChI=1S/C22H29FN6OS/c1-17(13-18(14-23)5-6-24)26-21-4-2-3-19(27-21)20-15-25-22(31-20)16-29-9-7-28(8-10-29)11-12-30/h2-6,13,15,30H,1,7-12,14,16,24H2,(H,26,27)/b6-5-,18-13+. The number of β-amino-alcohol motifs (C(OH)–C–C–N with tert-alkyl or cyclic N) is 1. The molecule has 1 saturated heterocycles. The van der Waals surface area contributed by atoms with Gasteiger partial charge in [0.1, 0.15) is 17.5 Å². The summed E-state index contributed by atoms with van der Waals surface area (Å²) < 4.78 is 13.0. The summed E-state index contributed by atoms with van der Waals surface area (Å²) in [7, 11) is 0. The van der Waals surface area contributed by atoms with Gasteiger partial charge in [0.05, 0.1) is 23.7 Å². The van der Waals surface area contributed by atoms with Crippen molar-refractivity contribution in [2.45, 2.75) is 6.54 Å². The van der Waals surface area contributed by atoms with Gasteiger partial charge in [-0.1, -0.05) is 12.6 Å². The number of nitrogens with zero attached hydrogens (tertiary/aromatic N) is 4. The number of rotatable bonds is 10. The van der Waals surface area contributed by atoms with Crippen molar-refractivity contribution in [1.29, 1.82) is 0 Å². The normalized spacial score (nSPS) is 16.1. The lowest BCUT2D eigenvalue weighted by Gasteiger charge is -2.33. The number of nitrogens with one attached hydrogen (secondary N) is 1. The molecule has 0 radical (unpaired) electrons. The minimum atomic E-state index is -0.623. The van der Waals surface area contributed by atoms with E-state index >= 15 is 0 Å². The van der Waals surface area contributed by atoms with E-state index in [1.807, 2.05) is 24.4 Å². The van der Waals surface area contributed by atoms with E-state index < -0.39 is 6.67 Å². The van der Waals surface area contributed by atoms with Crippen molar-refractivity contribution in [3.8, 4) is 10.6 Å². The first-order valence-corrected chi connectivity index (χ1v) is 11.0. The number of aromatic nitrogens is 2. The van der Waals surface area contributed by atoms with Crippen molar-refractivity contribution in [1.82, 2.24) is 19.8 Å². The summed E-state index contributed by atoms with van der Waals surface area (Å²) in [5.41, 5.74) is 7.11. The Labute approximate surface area is 186 Å². The maximum Gasteiger partial charge on any atom is 0.131 e. The quantitative estimate of drug-likeness (QED) is 0.485. The summed E-state index contributed by atoms with van der Waals surface area (Å²) >= 11 is 1.64. The average Bonchev–Trinajstić information content (AvgIpc) is 3.24. The van der Waals surface area contributed by atoms with Gasteiger partial charge in [-0.2, -0.15) is 0 Å². The first-order chi connectivity index (χ1) is 15.1. The van der Waals surface area contributed by atoms with E-state index in [4.69, 9.17) is 10.8 Å². The van der Waals surface area contributed by atoms with E-state index in [1.165, 1.54) is 12.3 Å². The fourth-order valence-electron chi connectivity index (χ4n) is 3.33. The predicted octanol–water partition coefficient (Wildman–Crippen LogP) is 2.61. The van der Waals surface area contributed by atoms with Gasteiger partial charge in [-0.15, -0.1) is 11.3 Å². The second kappa shape index (κ2) is 11.7. The maximum atomic E-state index is 13.0. The Kier molecular flexibility index (Phi) is 8.72. The molecule has 31 heavy (non-hydrogen) atoms. The van der Waals surface area contributed by atoms with Crippen LogP contribution in [0.1, 0.15) is 5.01 Å². The van der Waals surface area contributed by atoms with Crippen LogP contribution in [-0.2, 0) is 6.54 Å². The zero-order chi connectivity index (χ0) is 22.1. The number of pyridine rings is 1. The molecule has 2 aromatic heterocycles. The summed E-state index contributed by atoms with van der Waals surface area (Å²) in [4.78, 5) is 14.9. The third-order valence-corrected chi connectivity index (χ3v) is 5.91. The molecule has 0 aromatic carbocycles. The third-order valence-electron chi connectivity index (χ3n) is 4.91. The van der Waals surface area contributed by atoms with Crippen molar-refractivity contribution in [3.05, 3.63) is 65.6 Å². The van der Waals surface area contributed by atoms with Gasteiger partial charge in [-0.3, -0.25) is 9.80 Å². The van der Waals surface area contributed by atoms with Gasteiger partial charge in [0, 0.05) is 44.6 Å². The van der Waals surface area contributed by atoms with E-state index in [2.05, 4.69) is 31.7 Å². The van der Waals surface area contributed by atoms with Crippen molar-refractivity contribution >= 4 is 17.2 Å². The molecule has 3 heterocycles. The minimum Gasteiger partial charge on any atom is -0.405 e. The minimum absolute atomic E-state index is 0.210. The molecule has 3 rings (SSSR count). The molecule has 0 unspecified atom stereocenters. The molecule has 1 aliphatic rings. The second-order valence-electron chi connectivity index (χ2n) is 7.23. The number of allylic oxidation sites excluding steroid dienone is 3. The van der Waals surface area contributed by atoms with Gasteiger partial charge in [0.25, 0.3) is 0 Å². The molecule has 2 aromatic rings. The zero-order valence-corrected chi connectivity index (χ0v) is 18.3. The second-order valence-corrected chi connectivity index (χ2v) is 8.35. The molecular formula is C22H29FN6OS. The fraction of sp³-hybridized carbons (Fsp3) is 0.364. The number of piperazine rings is 1. The van der Waals surface area contributed by atoms with Crippen molar-refractivity contribution in [2.75, 3.05) is 51.3 Å². The first-order valence-electron chi connectivity index (χ1n) is 10.2. The highest BCUT2D eigenvalue weighted by Gasteiger charge is 2.18. The number of aliphatic hydroxyl groups excluding tert-OH is 1. The van der Waals surface area contributed by atoms with Crippen LogP contribution < -0.4 is 11.1 Å². The molecule has 0 aliphatic carbocycles. The van der Waals surface area contributed by atoms with E-state index in [0.29, 0.717) is 17.1 Å². The van der Waals surface area contributed by atoms with Crippen molar-refractivity contribution in [3.63, 3.8) is 0 Å². The summed E-state index contributed by atoms with van der Waals surface area (Å²) in [6.07, 6.45) is 6.26. The van der Waals surface area contributed by atoms with Crippen molar-refractivity contribution in [2.24, 2.45) is 5.73 Å². The predicted molar refractivity (Wildman–Crippen MR) is 124 cm³/mol. The Hall–Kier alpha value is -2.59. The number of thiazole rings is 1. The Morgan fingerprint density at radius 3 is 2.77 bits per heavy atom. The lowest BCUT2D eigenvalue weighted by Crippen LogP contribution is -2.46.